The number of nitrogens with zero attached hydrogens (tertiary/aromatic N) is 4. The number of benzene rings is 8. The van der Waals surface area contributed by atoms with Crippen LogP contribution in [-0.2, 0) is 0 Å². The molecule has 268 valence electrons. The highest BCUT2D eigenvalue weighted by Crippen LogP contribution is 2.40. The van der Waals surface area contributed by atoms with Gasteiger partial charge in [-0.2, -0.15) is 0 Å². The topological polar surface area (TPSA) is 35.6 Å². The Kier molecular flexibility index (Phi) is 6.75. The Morgan fingerprint density at radius 3 is 1.60 bits per heavy atom. The number of rotatable bonds is 4. The third-order valence-electron chi connectivity index (χ3n) is 12.3. The van der Waals surface area contributed by atoms with Crippen LogP contribution in [0.15, 0.2) is 182 Å². The van der Waals surface area contributed by atoms with Gasteiger partial charge in [0.2, 0.25) is 5.95 Å². The van der Waals surface area contributed by atoms with Crippen LogP contribution in [0.2, 0.25) is 13.1 Å². The highest BCUT2D eigenvalue weighted by molar-refractivity contribution is 7.05. The quantitative estimate of drug-likeness (QED) is 0.168. The molecule has 1 aliphatic rings. The summed E-state index contributed by atoms with van der Waals surface area (Å²) in [4.78, 5) is 11.2. The van der Waals surface area contributed by atoms with E-state index in [0.717, 1.165) is 33.7 Å². The SMILES string of the molecule is C[Si]1(C)c2c(-c3ccccc3)nc(-n3c4ccccc4c4cc(-c5ccc6c(c5)c5ccccc5n6-c5ccccc5)ccc43)nc2-c2ccc3ccccc3c21. The van der Waals surface area contributed by atoms with Crippen LogP contribution in [0.25, 0.3) is 99.7 Å². The van der Waals surface area contributed by atoms with E-state index in [4.69, 9.17) is 9.97 Å². The zero-order chi connectivity index (χ0) is 37.8. The first-order chi connectivity index (χ1) is 28.0. The molecule has 0 spiro atoms. The van der Waals surface area contributed by atoms with Crippen molar-refractivity contribution in [3.05, 3.63) is 182 Å². The van der Waals surface area contributed by atoms with Gasteiger partial charge >= 0.3 is 0 Å². The zero-order valence-electron chi connectivity index (χ0n) is 31.6. The molecule has 3 aromatic heterocycles. The fourth-order valence-electron chi connectivity index (χ4n) is 9.78. The van der Waals surface area contributed by atoms with Gasteiger partial charge in [0.25, 0.3) is 0 Å². The van der Waals surface area contributed by atoms with E-state index in [1.807, 2.05) is 0 Å². The Morgan fingerprint density at radius 2 is 0.912 bits per heavy atom. The largest absolute Gasteiger partial charge is 0.309 e. The van der Waals surface area contributed by atoms with Crippen LogP contribution in [-0.4, -0.2) is 27.2 Å². The molecule has 0 radical (unpaired) electrons. The normalized spacial score (nSPS) is 13.2. The monoisotopic (exact) mass is 744 g/mol. The molecule has 57 heavy (non-hydrogen) atoms. The van der Waals surface area contributed by atoms with E-state index in [0.29, 0.717) is 5.95 Å². The van der Waals surface area contributed by atoms with Gasteiger partial charge in [0.05, 0.1) is 33.5 Å². The van der Waals surface area contributed by atoms with E-state index >= 15 is 0 Å². The summed E-state index contributed by atoms with van der Waals surface area (Å²) >= 11 is 0. The van der Waals surface area contributed by atoms with Gasteiger partial charge in [0.15, 0.2) is 0 Å². The van der Waals surface area contributed by atoms with E-state index < -0.39 is 8.07 Å². The molecule has 11 aromatic rings. The van der Waals surface area contributed by atoms with Gasteiger partial charge in [-0.1, -0.05) is 147 Å². The molecular formula is C52H36N4Si. The molecule has 0 unspecified atom stereocenters. The number of hydrogen-bond acceptors (Lipinski definition) is 2. The first-order valence-corrected chi connectivity index (χ1v) is 22.7. The second-order valence-electron chi connectivity index (χ2n) is 15.8. The Labute approximate surface area is 331 Å². The summed E-state index contributed by atoms with van der Waals surface area (Å²) in [6, 6.07) is 66.0. The van der Waals surface area contributed by atoms with Gasteiger partial charge in [-0.3, -0.25) is 4.57 Å². The minimum Gasteiger partial charge on any atom is -0.309 e. The molecule has 0 amide bonds. The number of para-hydroxylation sites is 3. The third kappa shape index (κ3) is 4.60. The lowest BCUT2D eigenvalue weighted by Gasteiger charge is -2.23. The molecule has 0 aliphatic carbocycles. The molecule has 5 heteroatoms. The highest BCUT2D eigenvalue weighted by Gasteiger charge is 2.43. The third-order valence-corrected chi connectivity index (χ3v) is 15.8. The van der Waals surface area contributed by atoms with E-state index in [1.54, 1.807) is 0 Å². The van der Waals surface area contributed by atoms with Crippen LogP contribution < -0.4 is 10.4 Å². The fourth-order valence-corrected chi connectivity index (χ4v) is 13.4. The molecule has 0 fully saturated rings. The Balaban J connectivity index is 1.08. The molecule has 12 rings (SSSR count). The maximum Gasteiger partial charge on any atom is 0.235 e. The van der Waals surface area contributed by atoms with Gasteiger partial charge in [-0.15, -0.1) is 0 Å². The van der Waals surface area contributed by atoms with E-state index in [1.165, 1.54) is 70.4 Å². The lowest BCUT2D eigenvalue weighted by atomic mass is 10.0. The van der Waals surface area contributed by atoms with Crippen molar-refractivity contribution in [1.29, 1.82) is 0 Å². The lowest BCUT2D eigenvalue weighted by molar-refractivity contribution is 1.00. The molecule has 0 saturated heterocycles. The maximum absolute atomic E-state index is 5.58. The van der Waals surface area contributed by atoms with Gasteiger partial charge in [-0.25, -0.2) is 9.97 Å². The zero-order valence-corrected chi connectivity index (χ0v) is 32.6. The summed E-state index contributed by atoms with van der Waals surface area (Å²) in [5.41, 5.74) is 12.6. The molecule has 4 nitrogen and oxygen atoms in total. The summed E-state index contributed by atoms with van der Waals surface area (Å²) in [6.45, 7) is 4.94. The fraction of sp³-hybridized carbons (Fsp3) is 0.0385. The molecule has 0 bridgehead atoms. The average Bonchev–Trinajstić information content (AvgIpc) is 3.86. The maximum atomic E-state index is 5.58. The van der Waals surface area contributed by atoms with Crippen LogP contribution in [0.1, 0.15) is 0 Å². The second kappa shape index (κ2) is 12.0. The van der Waals surface area contributed by atoms with Crippen molar-refractivity contribution in [1.82, 2.24) is 19.1 Å². The first kappa shape index (κ1) is 32.2. The highest BCUT2D eigenvalue weighted by atomic mass is 28.3. The summed E-state index contributed by atoms with van der Waals surface area (Å²) in [5.74, 6) is 0.701. The summed E-state index contributed by atoms with van der Waals surface area (Å²) < 4.78 is 4.65. The summed E-state index contributed by atoms with van der Waals surface area (Å²) in [7, 11) is -2.22. The van der Waals surface area contributed by atoms with Crippen LogP contribution in [0.5, 0.6) is 0 Å². The summed E-state index contributed by atoms with van der Waals surface area (Å²) in [6.07, 6.45) is 0. The Hall–Kier alpha value is -7.08. The molecule has 0 atom stereocenters. The number of hydrogen-bond donors (Lipinski definition) is 0. The standard InChI is InChI=1S/C52H36N4Si/c1-57(2)50-38-20-10-9-15-33(38)25-28-41(50)49-51(57)48(34-16-5-3-6-17-34)53-52(54-49)56-45-24-14-12-22-40(45)43-32-36(27-30-47(43)56)35-26-29-46-42(31-35)39-21-11-13-23-44(39)55(46)37-18-7-4-8-19-37/h3-32H,1-2H3. The van der Waals surface area contributed by atoms with Crippen LogP contribution in [0, 0.1) is 0 Å². The van der Waals surface area contributed by atoms with Crippen molar-refractivity contribution in [2.75, 3.05) is 0 Å². The predicted molar refractivity (Wildman–Crippen MR) is 241 cm³/mol. The van der Waals surface area contributed by atoms with E-state index in [2.05, 4.69) is 204 Å². The van der Waals surface area contributed by atoms with Crippen LogP contribution in [0.3, 0.4) is 0 Å². The molecular weight excluding hydrogens is 709 g/mol. The first-order valence-electron chi connectivity index (χ1n) is 19.7. The van der Waals surface area contributed by atoms with Gasteiger partial charge in [0.1, 0.15) is 8.07 Å². The smallest absolute Gasteiger partial charge is 0.235 e. The van der Waals surface area contributed by atoms with Crippen molar-refractivity contribution in [3.63, 3.8) is 0 Å². The van der Waals surface area contributed by atoms with Gasteiger partial charge < -0.3 is 4.57 Å². The van der Waals surface area contributed by atoms with Crippen LogP contribution in [0.4, 0.5) is 0 Å². The van der Waals surface area contributed by atoms with Crippen molar-refractivity contribution in [2.24, 2.45) is 0 Å². The molecule has 4 heterocycles. The van der Waals surface area contributed by atoms with E-state index in [-0.39, 0.29) is 0 Å². The molecule has 8 aromatic carbocycles. The molecule has 0 N–H and O–H groups in total. The van der Waals surface area contributed by atoms with E-state index in [9.17, 15) is 0 Å². The van der Waals surface area contributed by atoms with Gasteiger partial charge in [-0.05, 0) is 80.8 Å². The number of fused-ring (bicyclic) bond motifs is 11. The molecule has 1 aliphatic heterocycles. The Morgan fingerprint density at radius 1 is 0.386 bits per heavy atom. The van der Waals surface area contributed by atoms with Crippen LogP contribution >= 0.6 is 0 Å². The summed E-state index contributed by atoms with van der Waals surface area (Å²) in [5, 5.41) is 10.2. The van der Waals surface area contributed by atoms with Crippen molar-refractivity contribution < 1.29 is 0 Å². The number of aromatic nitrogens is 4. The van der Waals surface area contributed by atoms with Crippen molar-refractivity contribution in [2.45, 2.75) is 13.1 Å². The van der Waals surface area contributed by atoms with Crippen molar-refractivity contribution in [3.8, 4) is 45.3 Å². The molecule has 0 saturated carbocycles. The van der Waals surface area contributed by atoms with Gasteiger partial charge in [0, 0.05) is 38.4 Å². The lowest BCUT2D eigenvalue weighted by Crippen LogP contribution is -2.50. The minimum absolute atomic E-state index is 0.701. The van der Waals surface area contributed by atoms with Crippen molar-refractivity contribution >= 4 is 72.8 Å². The predicted octanol–water partition coefficient (Wildman–Crippen LogP) is 12.0. The Bertz CT molecular complexity index is 3430. The minimum atomic E-state index is -2.22. The second-order valence-corrected chi connectivity index (χ2v) is 20.1. The average molecular weight is 745 g/mol.